The number of thiophene rings is 1. The lowest BCUT2D eigenvalue weighted by atomic mass is 9.83. The lowest BCUT2D eigenvalue weighted by molar-refractivity contribution is 0.224. The van der Waals surface area contributed by atoms with Gasteiger partial charge < -0.3 is 9.30 Å². The first kappa shape index (κ1) is 32.1. The van der Waals surface area contributed by atoms with E-state index in [2.05, 4.69) is 181 Å². The molecule has 7 aromatic carbocycles. The summed E-state index contributed by atoms with van der Waals surface area (Å²) in [5.41, 5.74) is 10.9. The molecule has 0 spiro atoms. The van der Waals surface area contributed by atoms with E-state index in [9.17, 15) is 0 Å². The van der Waals surface area contributed by atoms with Crippen LogP contribution in [0.3, 0.4) is 0 Å². The lowest BCUT2D eigenvalue weighted by Gasteiger charge is -2.22. The van der Waals surface area contributed by atoms with Gasteiger partial charge in [0, 0.05) is 65.0 Å². The molecule has 2 aliphatic rings. The molecule has 3 aromatic heterocycles. The zero-order valence-corrected chi connectivity index (χ0v) is 31.4. The molecule has 1 aliphatic carbocycles. The summed E-state index contributed by atoms with van der Waals surface area (Å²) in [4.78, 5) is 15.9. The zero-order valence-electron chi connectivity index (χ0n) is 30.6. The Morgan fingerprint density at radius 3 is 1.96 bits per heavy atom. The predicted molar refractivity (Wildman–Crippen MR) is 233 cm³/mol. The molecule has 0 bridgehead atoms. The van der Waals surface area contributed by atoms with Crippen molar-refractivity contribution in [1.29, 1.82) is 0 Å². The monoisotopic (exact) mass is 748 g/mol. The van der Waals surface area contributed by atoms with E-state index >= 15 is 0 Å². The van der Waals surface area contributed by atoms with Gasteiger partial charge in [-0.05, 0) is 53.6 Å². The minimum atomic E-state index is -0.201. The van der Waals surface area contributed by atoms with Crippen LogP contribution in [0, 0.1) is 0 Å². The van der Waals surface area contributed by atoms with Crippen molar-refractivity contribution in [2.75, 3.05) is 0 Å². The first-order chi connectivity index (χ1) is 28.3. The zero-order chi connectivity index (χ0) is 37.5. The third kappa shape index (κ3) is 5.04. The van der Waals surface area contributed by atoms with Gasteiger partial charge in [0.1, 0.15) is 11.9 Å². The van der Waals surface area contributed by atoms with Gasteiger partial charge in [-0.25, -0.2) is 15.0 Å². The number of nitrogens with zero attached hydrogens (tertiary/aromatic N) is 4. The van der Waals surface area contributed by atoms with Crippen molar-refractivity contribution in [3.8, 4) is 56.7 Å². The molecule has 5 nitrogen and oxygen atoms in total. The molecule has 0 saturated carbocycles. The summed E-state index contributed by atoms with van der Waals surface area (Å²) in [6.45, 7) is 0. The van der Waals surface area contributed by atoms with E-state index in [4.69, 9.17) is 19.7 Å². The molecule has 0 fully saturated rings. The van der Waals surface area contributed by atoms with Crippen molar-refractivity contribution in [3.63, 3.8) is 0 Å². The summed E-state index contributed by atoms with van der Waals surface area (Å²) in [6, 6.07) is 59.5. The molecule has 0 radical (unpaired) electrons. The number of rotatable bonds is 5. The summed E-state index contributed by atoms with van der Waals surface area (Å²) in [5, 5.41) is 3.57. The van der Waals surface area contributed by atoms with Crippen LogP contribution in [-0.2, 0) is 0 Å². The first-order valence-corrected chi connectivity index (χ1v) is 20.1. The van der Waals surface area contributed by atoms with Crippen LogP contribution in [0.5, 0.6) is 5.75 Å². The van der Waals surface area contributed by atoms with E-state index in [0.29, 0.717) is 17.5 Å². The quantitative estimate of drug-likeness (QED) is 0.176. The van der Waals surface area contributed by atoms with Gasteiger partial charge in [0.25, 0.3) is 0 Å². The van der Waals surface area contributed by atoms with E-state index in [1.54, 1.807) is 11.3 Å². The average molecular weight is 749 g/mol. The lowest BCUT2D eigenvalue weighted by Crippen LogP contribution is -2.14. The average Bonchev–Trinajstić information content (AvgIpc) is 3.96. The molecule has 0 N–H and O–H groups in total. The highest BCUT2D eigenvalue weighted by atomic mass is 32.1. The molecule has 57 heavy (non-hydrogen) atoms. The van der Waals surface area contributed by atoms with Gasteiger partial charge in [0.05, 0.1) is 11.2 Å². The van der Waals surface area contributed by atoms with Crippen LogP contribution >= 0.6 is 11.3 Å². The van der Waals surface area contributed by atoms with Gasteiger partial charge in [-0.15, -0.1) is 11.3 Å². The maximum absolute atomic E-state index is 7.00. The molecule has 2 unspecified atom stereocenters. The highest BCUT2D eigenvalue weighted by molar-refractivity contribution is 7.25. The number of para-hydroxylation sites is 2. The van der Waals surface area contributed by atoms with Crippen LogP contribution in [-0.4, -0.2) is 19.5 Å². The minimum Gasteiger partial charge on any atom is -0.484 e. The molecular formula is C51H32N4OS. The number of hydrogen-bond acceptors (Lipinski definition) is 5. The van der Waals surface area contributed by atoms with Crippen LogP contribution in [0.4, 0.5) is 0 Å². The fraction of sp³-hybridized carbons (Fsp3) is 0.0392. The van der Waals surface area contributed by atoms with Gasteiger partial charge in [0.15, 0.2) is 17.5 Å². The Morgan fingerprint density at radius 1 is 0.491 bits per heavy atom. The Morgan fingerprint density at radius 2 is 1.12 bits per heavy atom. The third-order valence-corrected chi connectivity index (χ3v) is 12.6. The molecular weight excluding hydrogens is 717 g/mol. The van der Waals surface area contributed by atoms with Crippen molar-refractivity contribution in [2.45, 2.75) is 12.0 Å². The summed E-state index contributed by atoms with van der Waals surface area (Å²) in [5.74, 6) is 2.74. The second-order valence-electron chi connectivity index (χ2n) is 14.7. The first-order valence-electron chi connectivity index (χ1n) is 19.3. The smallest absolute Gasteiger partial charge is 0.164 e. The summed E-state index contributed by atoms with van der Waals surface area (Å²) in [7, 11) is 0. The molecule has 6 heteroatoms. The molecule has 1 aliphatic heterocycles. The number of ether oxygens (including phenoxy) is 1. The number of fused-ring (bicyclic) bond motifs is 10. The van der Waals surface area contributed by atoms with Crippen molar-refractivity contribution >= 4 is 48.5 Å². The standard InChI is InChI=1S/C51H32N4OS/c1-3-13-31(14-4-1)32-25-27-33(28-26-32)49-52-50(54-51(53-49)39-20-12-24-44-46(39)36-18-8-10-23-43(36)57-44)38-19-11-22-42-45(38)37-29-30-41-47(48(37)56-42)35-17-7-9-21-40(35)55(41)34-15-5-2-6-16-34/h1-30,37,48H. The molecule has 0 amide bonds. The van der Waals surface area contributed by atoms with Gasteiger partial charge in [-0.3, -0.25) is 0 Å². The third-order valence-electron chi connectivity index (χ3n) is 11.5. The summed E-state index contributed by atoms with van der Waals surface area (Å²) < 4.78 is 11.8. The summed E-state index contributed by atoms with van der Waals surface area (Å²) >= 11 is 1.80. The minimum absolute atomic E-state index is 0.0307. The molecule has 12 rings (SSSR count). The summed E-state index contributed by atoms with van der Waals surface area (Å²) in [6.07, 6.45) is 4.39. The highest BCUT2D eigenvalue weighted by Crippen LogP contribution is 2.55. The van der Waals surface area contributed by atoms with Crippen molar-refractivity contribution in [2.24, 2.45) is 0 Å². The van der Waals surface area contributed by atoms with Crippen LogP contribution in [0.2, 0.25) is 0 Å². The van der Waals surface area contributed by atoms with Gasteiger partial charge in [0.2, 0.25) is 0 Å². The van der Waals surface area contributed by atoms with Gasteiger partial charge in [-0.1, -0.05) is 140 Å². The van der Waals surface area contributed by atoms with Crippen molar-refractivity contribution in [3.05, 3.63) is 193 Å². The molecule has 268 valence electrons. The second-order valence-corrected chi connectivity index (χ2v) is 15.7. The van der Waals surface area contributed by atoms with Crippen molar-refractivity contribution in [1.82, 2.24) is 19.5 Å². The van der Waals surface area contributed by atoms with Crippen LogP contribution in [0.1, 0.15) is 28.8 Å². The normalized spacial score (nSPS) is 15.4. The Kier molecular flexibility index (Phi) is 7.16. The van der Waals surface area contributed by atoms with E-state index in [1.807, 2.05) is 6.07 Å². The fourth-order valence-electron chi connectivity index (χ4n) is 8.93. The molecule has 4 heterocycles. The number of hydrogen-bond donors (Lipinski definition) is 0. The van der Waals surface area contributed by atoms with Gasteiger partial charge >= 0.3 is 0 Å². The highest BCUT2D eigenvalue weighted by Gasteiger charge is 2.42. The predicted octanol–water partition coefficient (Wildman–Crippen LogP) is 13.1. The Labute approximate surface area is 332 Å². The SMILES string of the molecule is C1=CC2c3c(cccc3-c3nc(-c4ccc(-c5ccccc5)cc4)nc(-c4cccc5sc6ccccc6c45)n3)OC2c2c1n(-c1ccccc1)c1ccccc21. The van der Waals surface area contributed by atoms with E-state index < -0.39 is 0 Å². The molecule has 2 atom stereocenters. The molecule has 10 aromatic rings. The maximum Gasteiger partial charge on any atom is 0.164 e. The van der Waals surface area contributed by atoms with Crippen LogP contribution in [0.15, 0.2) is 176 Å². The fourth-order valence-corrected chi connectivity index (χ4v) is 10.1. The van der Waals surface area contributed by atoms with Crippen molar-refractivity contribution < 1.29 is 4.74 Å². The second kappa shape index (κ2) is 12.7. The van der Waals surface area contributed by atoms with E-state index in [0.717, 1.165) is 44.9 Å². The van der Waals surface area contributed by atoms with E-state index in [-0.39, 0.29) is 12.0 Å². The number of aromatic nitrogens is 4. The maximum atomic E-state index is 7.00. The number of benzene rings is 7. The topological polar surface area (TPSA) is 52.8 Å². The van der Waals surface area contributed by atoms with Crippen LogP contribution < -0.4 is 4.74 Å². The van der Waals surface area contributed by atoms with Gasteiger partial charge in [-0.2, -0.15) is 0 Å². The van der Waals surface area contributed by atoms with E-state index in [1.165, 1.54) is 42.2 Å². The Bertz CT molecular complexity index is 3220. The van der Waals surface area contributed by atoms with Crippen LogP contribution in [0.25, 0.3) is 88.1 Å². The Balaban J connectivity index is 1.04. The Hall–Kier alpha value is -7.15. The largest absolute Gasteiger partial charge is 0.484 e. The molecule has 0 saturated heterocycles.